The fourth-order valence-electron chi connectivity index (χ4n) is 5.78. The molecule has 4 aromatic carbocycles. The number of hydrogen-bond donors (Lipinski definition) is 0. The van der Waals surface area contributed by atoms with Gasteiger partial charge in [-0.05, 0) is 84.2 Å². The number of ether oxygens (including phenoxy) is 1. The van der Waals surface area contributed by atoms with Crippen LogP contribution in [0.25, 0.3) is 11.1 Å². The Bertz CT molecular complexity index is 1280. The molecule has 0 heterocycles. The Hall–Kier alpha value is -3.32. The van der Waals surface area contributed by atoms with Gasteiger partial charge in [0.1, 0.15) is 5.75 Å². The van der Waals surface area contributed by atoms with Crippen LogP contribution >= 0.6 is 0 Å². The fraction of sp³-hybridized carbons (Fsp3) is 0.314. The van der Waals surface area contributed by atoms with Gasteiger partial charge in [0.2, 0.25) is 0 Å². The van der Waals surface area contributed by atoms with E-state index in [1.54, 1.807) is 0 Å². The van der Waals surface area contributed by atoms with E-state index in [2.05, 4.69) is 113 Å². The maximum Gasteiger partial charge on any atom is 0.119 e. The highest BCUT2D eigenvalue weighted by Gasteiger charge is 2.46. The van der Waals surface area contributed by atoms with Gasteiger partial charge < -0.3 is 4.74 Å². The number of rotatable bonds is 9. The lowest BCUT2D eigenvalue weighted by molar-refractivity contribution is 0.309. The summed E-state index contributed by atoms with van der Waals surface area (Å²) in [6.45, 7) is 9.64. The largest absolute Gasteiger partial charge is 0.494 e. The van der Waals surface area contributed by atoms with Crippen molar-refractivity contribution >= 4 is 0 Å². The summed E-state index contributed by atoms with van der Waals surface area (Å²) in [5, 5.41) is 0. The molecule has 5 rings (SSSR count). The predicted molar refractivity (Wildman–Crippen MR) is 152 cm³/mol. The van der Waals surface area contributed by atoms with E-state index in [0.29, 0.717) is 0 Å². The number of aryl methyl sites for hydroxylation is 3. The summed E-state index contributed by atoms with van der Waals surface area (Å²) in [7, 11) is 0. The molecule has 0 N–H and O–H groups in total. The zero-order chi connectivity index (χ0) is 25.1. The Morgan fingerprint density at radius 2 is 1.14 bits per heavy atom. The minimum Gasteiger partial charge on any atom is -0.494 e. The topological polar surface area (TPSA) is 9.23 Å². The Morgan fingerprint density at radius 3 is 1.67 bits per heavy atom. The van der Waals surface area contributed by atoms with Gasteiger partial charge in [0, 0.05) is 0 Å². The van der Waals surface area contributed by atoms with Gasteiger partial charge in [-0.1, -0.05) is 111 Å². The van der Waals surface area contributed by atoms with Gasteiger partial charge in [-0.2, -0.15) is 0 Å². The first kappa shape index (κ1) is 24.4. The van der Waals surface area contributed by atoms with E-state index in [-0.39, 0.29) is 5.41 Å². The number of unbranched alkanes of at least 4 members (excludes halogenated alkanes) is 2. The summed E-state index contributed by atoms with van der Waals surface area (Å²) in [5.74, 6) is 0.948. The first-order valence-corrected chi connectivity index (χ1v) is 13.6. The molecule has 0 atom stereocenters. The average Bonchev–Trinajstić information content (AvgIpc) is 3.17. The van der Waals surface area contributed by atoms with Crippen LogP contribution in [0.1, 0.15) is 78.5 Å². The molecule has 0 fully saturated rings. The molecule has 1 aliphatic carbocycles. The molecule has 184 valence electrons. The average molecular weight is 475 g/mol. The van der Waals surface area contributed by atoms with Gasteiger partial charge in [-0.15, -0.1) is 0 Å². The van der Waals surface area contributed by atoms with Gasteiger partial charge in [0.05, 0.1) is 12.0 Å². The first-order valence-electron chi connectivity index (χ1n) is 13.6. The third-order valence-electron chi connectivity index (χ3n) is 7.71. The molecule has 0 saturated heterocycles. The van der Waals surface area contributed by atoms with Crippen molar-refractivity contribution in [1.29, 1.82) is 0 Å². The SMILES string of the molecule is CCCCOc1ccc(C2(c3ccc(CCCC)cc3)c3cc(C)ccc3-c3ccc(C)cc32)cc1. The van der Waals surface area contributed by atoms with Crippen LogP contribution in [-0.2, 0) is 11.8 Å². The van der Waals surface area contributed by atoms with Crippen molar-refractivity contribution < 1.29 is 4.74 Å². The molecule has 0 saturated carbocycles. The molecular weight excluding hydrogens is 436 g/mol. The van der Waals surface area contributed by atoms with E-state index in [4.69, 9.17) is 4.74 Å². The normalized spacial score (nSPS) is 13.3. The molecule has 1 nitrogen and oxygen atoms in total. The Balaban J connectivity index is 1.73. The number of benzene rings is 4. The summed E-state index contributed by atoms with van der Waals surface area (Å²) in [6, 6.07) is 32.3. The van der Waals surface area contributed by atoms with Gasteiger partial charge in [0.15, 0.2) is 0 Å². The quantitative estimate of drug-likeness (QED) is 0.193. The number of hydrogen-bond acceptors (Lipinski definition) is 1. The van der Waals surface area contributed by atoms with Crippen LogP contribution in [0.3, 0.4) is 0 Å². The highest BCUT2D eigenvalue weighted by Crippen LogP contribution is 2.56. The van der Waals surface area contributed by atoms with Crippen molar-refractivity contribution in [2.45, 2.75) is 65.2 Å². The molecule has 4 aromatic rings. The van der Waals surface area contributed by atoms with Crippen LogP contribution in [0.5, 0.6) is 5.75 Å². The van der Waals surface area contributed by atoms with E-state index in [1.165, 1.54) is 62.9 Å². The van der Waals surface area contributed by atoms with Crippen LogP contribution < -0.4 is 4.74 Å². The van der Waals surface area contributed by atoms with Crippen LogP contribution in [0.15, 0.2) is 84.9 Å². The summed E-state index contributed by atoms with van der Waals surface area (Å²) in [4.78, 5) is 0. The lowest BCUT2D eigenvalue weighted by Gasteiger charge is -2.34. The minimum absolute atomic E-state index is 0.353. The predicted octanol–water partition coefficient (Wildman–Crippen LogP) is 9.19. The molecule has 0 bridgehead atoms. The molecule has 1 heteroatoms. The van der Waals surface area contributed by atoms with Crippen molar-refractivity contribution in [3.05, 3.63) is 124 Å². The Morgan fingerprint density at radius 1 is 0.611 bits per heavy atom. The molecule has 1 aliphatic rings. The van der Waals surface area contributed by atoms with Crippen LogP contribution in [0.4, 0.5) is 0 Å². The second kappa shape index (κ2) is 10.3. The highest BCUT2D eigenvalue weighted by atomic mass is 16.5. The molecule has 0 aliphatic heterocycles. The van der Waals surface area contributed by atoms with Crippen LogP contribution in [-0.4, -0.2) is 6.61 Å². The van der Waals surface area contributed by atoms with Crippen molar-refractivity contribution in [2.75, 3.05) is 6.61 Å². The van der Waals surface area contributed by atoms with Crippen molar-refractivity contribution in [1.82, 2.24) is 0 Å². The smallest absolute Gasteiger partial charge is 0.119 e. The van der Waals surface area contributed by atoms with E-state index in [9.17, 15) is 0 Å². The second-order valence-electron chi connectivity index (χ2n) is 10.4. The third kappa shape index (κ3) is 4.26. The van der Waals surface area contributed by atoms with E-state index in [0.717, 1.165) is 31.6 Å². The maximum absolute atomic E-state index is 6.03. The van der Waals surface area contributed by atoms with Gasteiger partial charge in [0.25, 0.3) is 0 Å². The van der Waals surface area contributed by atoms with Crippen LogP contribution in [0.2, 0.25) is 0 Å². The third-order valence-corrected chi connectivity index (χ3v) is 7.71. The zero-order valence-electron chi connectivity index (χ0n) is 22.2. The monoisotopic (exact) mass is 474 g/mol. The first-order chi connectivity index (χ1) is 17.6. The van der Waals surface area contributed by atoms with E-state index >= 15 is 0 Å². The van der Waals surface area contributed by atoms with Crippen LogP contribution in [0, 0.1) is 13.8 Å². The van der Waals surface area contributed by atoms with Gasteiger partial charge in [-0.3, -0.25) is 0 Å². The van der Waals surface area contributed by atoms with Gasteiger partial charge >= 0.3 is 0 Å². The lowest BCUT2D eigenvalue weighted by Crippen LogP contribution is -2.28. The fourth-order valence-corrected chi connectivity index (χ4v) is 5.78. The number of fused-ring (bicyclic) bond motifs is 3. The van der Waals surface area contributed by atoms with Crippen molar-refractivity contribution in [3.63, 3.8) is 0 Å². The lowest BCUT2D eigenvalue weighted by atomic mass is 9.67. The molecule has 36 heavy (non-hydrogen) atoms. The molecule has 0 unspecified atom stereocenters. The summed E-state index contributed by atoms with van der Waals surface area (Å²) < 4.78 is 6.03. The zero-order valence-corrected chi connectivity index (χ0v) is 22.2. The van der Waals surface area contributed by atoms with Crippen molar-refractivity contribution in [2.24, 2.45) is 0 Å². The molecule has 0 aromatic heterocycles. The highest BCUT2D eigenvalue weighted by molar-refractivity contribution is 5.86. The van der Waals surface area contributed by atoms with E-state index < -0.39 is 0 Å². The van der Waals surface area contributed by atoms with Crippen molar-refractivity contribution in [3.8, 4) is 16.9 Å². The molecular formula is C35H38O. The molecule has 0 radical (unpaired) electrons. The Labute approximate surface area is 217 Å². The summed E-state index contributed by atoms with van der Waals surface area (Å²) >= 11 is 0. The Kier molecular flexibility index (Phi) is 7.01. The summed E-state index contributed by atoms with van der Waals surface area (Å²) in [5.41, 5.74) is 11.7. The minimum atomic E-state index is -0.353. The summed E-state index contributed by atoms with van der Waals surface area (Å²) in [6.07, 6.45) is 5.81. The van der Waals surface area contributed by atoms with Gasteiger partial charge in [-0.25, -0.2) is 0 Å². The van der Waals surface area contributed by atoms with E-state index in [1.807, 2.05) is 0 Å². The maximum atomic E-state index is 6.03. The molecule has 0 spiro atoms. The second-order valence-corrected chi connectivity index (χ2v) is 10.4. The standard InChI is InChI=1S/C35H38O/c1-5-7-9-27-12-14-28(15-13-27)35(29-16-18-30(19-17-29)36-22-8-6-2)33-23-25(3)10-20-31(33)32-21-11-26(4)24-34(32)35/h10-21,23-24H,5-9,22H2,1-4H3. The molecule has 0 amide bonds.